The molecule has 2 aromatic heterocycles. The van der Waals surface area contributed by atoms with Crippen LogP contribution in [0.3, 0.4) is 0 Å². The number of aryl methyl sites for hydroxylation is 2. The molecule has 6 heteroatoms. The number of nitrogens with zero attached hydrogens (tertiary/aromatic N) is 2. The fourth-order valence-corrected chi connectivity index (χ4v) is 2.28. The third kappa shape index (κ3) is 3.06. The second-order valence-electron chi connectivity index (χ2n) is 5.07. The van der Waals surface area contributed by atoms with Crippen molar-refractivity contribution in [3.8, 4) is 17.3 Å². The minimum Gasteiger partial charge on any atom is -0.481 e. The van der Waals surface area contributed by atoms with Gasteiger partial charge in [-0.1, -0.05) is 11.2 Å². The Bertz CT molecular complexity index is 794. The number of benzene rings is 1. The minimum atomic E-state index is -0.346. The molecule has 0 saturated heterocycles. The van der Waals surface area contributed by atoms with Crippen LogP contribution in [-0.2, 0) is 0 Å². The maximum absolute atomic E-state index is 5.85. The molecule has 0 amide bonds. The summed E-state index contributed by atoms with van der Waals surface area (Å²) in [7, 11) is 0. The normalized spacial score (nSPS) is 12.4. The fourth-order valence-electron chi connectivity index (χ4n) is 1.98. The van der Waals surface area contributed by atoms with Gasteiger partial charge in [0.15, 0.2) is 16.5 Å². The molecule has 0 bridgehead atoms. The monoisotopic (exact) mass is 362 g/mol. The first-order valence-electron chi connectivity index (χ1n) is 6.86. The van der Waals surface area contributed by atoms with Crippen LogP contribution in [-0.4, -0.2) is 10.1 Å². The molecule has 0 unspecified atom stereocenters. The maximum Gasteiger partial charge on any atom is 0.267 e. The number of aromatic nitrogens is 2. The van der Waals surface area contributed by atoms with E-state index in [-0.39, 0.29) is 6.10 Å². The second-order valence-corrected chi connectivity index (χ2v) is 5.85. The molecule has 3 aromatic rings. The lowest BCUT2D eigenvalue weighted by molar-refractivity contribution is 0.175. The highest BCUT2D eigenvalue weighted by molar-refractivity contribution is 9.10. The molecular formula is C16H15BrN2O3. The van der Waals surface area contributed by atoms with Gasteiger partial charge in [-0.25, -0.2) is 0 Å². The fraction of sp³-hybridized carbons (Fsp3) is 0.250. The van der Waals surface area contributed by atoms with E-state index < -0.39 is 0 Å². The molecule has 0 spiro atoms. The van der Waals surface area contributed by atoms with Crippen molar-refractivity contribution in [3.63, 3.8) is 0 Å². The highest BCUT2D eigenvalue weighted by Crippen LogP contribution is 2.26. The Morgan fingerprint density at radius 1 is 1.14 bits per heavy atom. The van der Waals surface area contributed by atoms with E-state index in [4.69, 9.17) is 13.7 Å². The van der Waals surface area contributed by atoms with E-state index in [1.165, 1.54) is 11.1 Å². The van der Waals surface area contributed by atoms with Crippen molar-refractivity contribution in [2.75, 3.05) is 0 Å². The SMILES string of the molecule is Cc1ccc(O[C@H](C)c2nc(-c3ccc(Br)o3)no2)cc1C. The summed E-state index contributed by atoms with van der Waals surface area (Å²) < 4.78 is 17.1. The zero-order valence-corrected chi connectivity index (χ0v) is 14.0. The largest absolute Gasteiger partial charge is 0.481 e. The van der Waals surface area contributed by atoms with Crippen molar-refractivity contribution in [1.29, 1.82) is 0 Å². The van der Waals surface area contributed by atoms with Gasteiger partial charge in [0.2, 0.25) is 5.82 Å². The lowest BCUT2D eigenvalue weighted by atomic mass is 10.1. The molecular weight excluding hydrogens is 348 g/mol. The zero-order valence-electron chi connectivity index (χ0n) is 12.5. The Hall–Kier alpha value is -2.08. The molecule has 0 radical (unpaired) electrons. The van der Waals surface area contributed by atoms with Gasteiger partial charge in [-0.2, -0.15) is 4.98 Å². The summed E-state index contributed by atoms with van der Waals surface area (Å²) in [5.74, 6) is 2.12. The van der Waals surface area contributed by atoms with Crippen LogP contribution in [0.2, 0.25) is 0 Å². The first-order chi connectivity index (χ1) is 10.5. The molecule has 114 valence electrons. The van der Waals surface area contributed by atoms with Crippen LogP contribution in [0.1, 0.15) is 30.0 Å². The van der Waals surface area contributed by atoms with E-state index in [1.807, 2.05) is 32.0 Å². The highest BCUT2D eigenvalue weighted by atomic mass is 79.9. The highest BCUT2D eigenvalue weighted by Gasteiger charge is 2.18. The van der Waals surface area contributed by atoms with E-state index in [0.717, 1.165) is 5.75 Å². The van der Waals surface area contributed by atoms with Gasteiger partial charge in [-0.05, 0) is 72.1 Å². The average molecular weight is 363 g/mol. The first-order valence-corrected chi connectivity index (χ1v) is 7.65. The molecule has 0 aliphatic heterocycles. The topological polar surface area (TPSA) is 61.3 Å². The van der Waals surface area contributed by atoms with Crippen molar-refractivity contribution >= 4 is 15.9 Å². The number of rotatable bonds is 4. The molecule has 2 heterocycles. The molecule has 22 heavy (non-hydrogen) atoms. The summed E-state index contributed by atoms with van der Waals surface area (Å²) in [6.07, 6.45) is -0.346. The Morgan fingerprint density at radius 2 is 1.95 bits per heavy atom. The summed E-state index contributed by atoms with van der Waals surface area (Å²) in [4.78, 5) is 4.31. The van der Waals surface area contributed by atoms with Gasteiger partial charge in [-0.15, -0.1) is 0 Å². The van der Waals surface area contributed by atoms with Crippen LogP contribution in [0.5, 0.6) is 5.75 Å². The van der Waals surface area contributed by atoms with Crippen molar-refractivity contribution < 1.29 is 13.7 Å². The quantitative estimate of drug-likeness (QED) is 0.663. The Kier molecular flexibility index (Phi) is 4.02. The van der Waals surface area contributed by atoms with E-state index in [1.54, 1.807) is 12.1 Å². The van der Waals surface area contributed by atoms with Crippen molar-refractivity contribution in [1.82, 2.24) is 10.1 Å². The summed E-state index contributed by atoms with van der Waals surface area (Å²) in [5.41, 5.74) is 2.40. The van der Waals surface area contributed by atoms with Crippen LogP contribution >= 0.6 is 15.9 Å². The number of hydrogen-bond acceptors (Lipinski definition) is 5. The first kappa shape index (κ1) is 14.8. The van der Waals surface area contributed by atoms with Gasteiger partial charge in [0.05, 0.1) is 0 Å². The Morgan fingerprint density at radius 3 is 2.64 bits per heavy atom. The van der Waals surface area contributed by atoms with Crippen LogP contribution in [0, 0.1) is 13.8 Å². The predicted octanol–water partition coefficient (Wildman–Crippen LogP) is 4.85. The minimum absolute atomic E-state index is 0.346. The third-order valence-electron chi connectivity index (χ3n) is 3.37. The van der Waals surface area contributed by atoms with Gasteiger partial charge < -0.3 is 13.7 Å². The summed E-state index contributed by atoms with van der Waals surface area (Å²) >= 11 is 3.24. The van der Waals surface area contributed by atoms with E-state index in [2.05, 4.69) is 33.0 Å². The smallest absolute Gasteiger partial charge is 0.267 e. The van der Waals surface area contributed by atoms with Gasteiger partial charge in [-0.3, -0.25) is 0 Å². The second kappa shape index (κ2) is 5.96. The van der Waals surface area contributed by atoms with Crippen LogP contribution in [0.25, 0.3) is 11.6 Å². The molecule has 0 aliphatic carbocycles. The molecule has 0 N–H and O–H groups in total. The Labute approximate surface area is 136 Å². The molecule has 0 fully saturated rings. The number of ether oxygens (including phenoxy) is 1. The van der Waals surface area contributed by atoms with Crippen molar-refractivity contribution in [2.24, 2.45) is 0 Å². The van der Waals surface area contributed by atoms with E-state index in [0.29, 0.717) is 22.1 Å². The number of halogens is 1. The van der Waals surface area contributed by atoms with Crippen LogP contribution in [0.4, 0.5) is 0 Å². The van der Waals surface area contributed by atoms with Crippen LogP contribution < -0.4 is 4.74 Å². The van der Waals surface area contributed by atoms with E-state index >= 15 is 0 Å². The van der Waals surface area contributed by atoms with Gasteiger partial charge in [0.1, 0.15) is 5.75 Å². The van der Waals surface area contributed by atoms with Gasteiger partial charge in [0.25, 0.3) is 5.89 Å². The van der Waals surface area contributed by atoms with Gasteiger partial charge >= 0.3 is 0 Å². The summed E-state index contributed by atoms with van der Waals surface area (Å²) in [6, 6.07) is 9.50. The summed E-state index contributed by atoms with van der Waals surface area (Å²) in [5, 5.41) is 3.91. The lowest BCUT2D eigenvalue weighted by Gasteiger charge is -2.12. The summed E-state index contributed by atoms with van der Waals surface area (Å²) in [6.45, 7) is 5.98. The van der Waals surface area contributed by atoms with Gasteiger partial charge in [0, 0.05) is 0 Å². The maximum atomic E-state index is 5.85. The molecule has 1 atom stereocenters. The predicted molar refractivity (Wildman–Crippen MR) is 84.7 cm³/mol. The van der Waals surface area contributed by atoms with Crippen molar-refractivity contribution in [2.45, 2.75) is 26.9 Å². The lowest BCUT2D eigenvalue weighted by Crippen LogP contribution is -2.03. The average Bonchev–Trinajstić information content (AvgIpc) is 3.11. The molecule has 0 saturated carbocycles. The molecule has 5 nitrogen and oxygen atoms in total. The van der Waals surface area contributed by atoms with E-state index in [9.17, 15) is 0 Å². The van der Waals surface area contributed by atoms with Crippen molar-refractivity contribution in [3.05, 3.63) is 52.0 Å². The third-order valence-corrected chi connectivity index (χ3v) is 3.80. The molecule has 1 aromatic carbocycles. The molecule has 0 aliphatic rings. The standard InChI is InChI=1S/C16H15BrN2O3/c1-9-4-5-12(8-10(9)2)20-11(3)16-18-15(19-22-16)13-6-7-14(17)21-13/h4-8,11H,1-3H3/t11-/m1/s1. The zero-order chi connectivity index (χ0) is 15.7. The molecule has 3 rings (SSSR count). The number of hydrogen-bond donors (Lipinski definition) is 0. The van der Waals surface area contributed by atoms with Crippen LogP contribution in [0.15, 0.2) is 43.9 Å². The Balaban J connectivity index is 1.76. The number of furan rings is 1.